The van der Waals surface area contributed by atoms with Crippen LogP contribution in [0.4, 0.5) is 8.78 Å². The second kappa shape index (κ2) is 5.21. The zero-order chi connectivity index (χ0) is 12.1. The van der Waals surface area contributed by atoms with E-state index >= 15 is 0 Å². The van der Waals surface area contributed by atoms with Crippen LogP contribution < -0.4 is 0 Å². The van der Waals surface area contributed by atoms with Gasteiger partial charge < -0.3 is 4.90 Å². The molecule has 1 aromatic rings. The fraction of sp³-hybridized carbons (Fsp3) is 0.273. The van der Waals surface area contributed by atoms with Crippen LogP contribution in [0.25, 0.3) is 0 Å². The number of amides is 1. The average molecular weight is 224 g/mol. The molecule has 1 aromatic carbocycles. The quantitative estimate of drug-likeness (QED) is 0.786. The van der Waals surface area contributed by atoms with E-state index in [2.05, 4.69) is 0 Å². The van der Waals surface area contributed by atoms with Gasteiger partial charge in [0, 0.05) is 25.2 Å². The molecule has 0 bridgehead atoms. The fourth-order valence-corrected chi connectivity index (χ4v) is 1.20. The van der Waals surface area contributed by atoms with Gasteiger partial charge in [0.1, 0.15) is 18.1 Å². The lowest BCUT2D eigenvalue weighted by Crippen LogP contribution is -2.25. The molecular formula is C11H10F2N2O. The molecule has 84 valence electrons. The van der Waals surface area contributed by atoms with E-state index in [0.717, 1.165) is 12.1 Å². The van der Waals surface area contributed by atoms with E-state index in [1.54, 1.807) is 6.07 Å². The van der Waals surface area contributed by atoms with Crippen molar-refractivity contribution in [3.63, 3.8) is 0 Å². The summed E-state index contributed by atoms with van der Waals surface area (Å²) in [4.78, 5) is 12.5. The standard InChI is InChI=1S/C11H10F2N2O/c1-15(11(16)4-5-14)7-8-2-3-9(12)6-10(8)13/h2-3,6H,4,7H2,1H3. The predicted octanol–water partition coefficient (Wildman–Crippen LogP) is 1.84. The van der Waals surface area contributed by atoms with Crippen molar-refractivity contribution >= 4 is 5.91 Å². The van der Waals surface area contributed by atoms with Crippen LogP contribution >= 0.6 is 0 Å². The summed E-state index contributed by atoms with van der Waals surface area (Å²) in [5.41, 5.74) is 0.218. The van der Waals surface area contributed by atoms with Crippen molar-refractivity contribution in [2.24, 2.45) is 0 Å². The van der Waals surface area contributed by atoms with Crippen LogP contribution in [0.5, 0.6) is 0 Å². The second-order valence-corrected chi connectivity index (χ2v) is 3.32. The Kier molecular flexibility index (Phi) is 3.95. The number of benzene rings is 1. The monoisotopic (exact) mass is 224 g/mol. The minimum absolute atomic E-state index is 0.0205. The number of nitrogens with zero attached hydrogens (tertiary/aromatic N) is 2. The van der Waals surface area contributed by atoms with Gasteiger partial charge >= 0.3 is 0 Å². The second-order valence-electron chi connectivity index (χ2n) is 3.32. The average Bonchev–Trinajstić information content (AvgIpc) is 2.22. The summed E-state index contributed by atoms with van der Waals surface area (Å²) < 4.78 is 25.8. The van der Waals surface area contributed by atoms with Crippen molar-refractivity contribution in [1.29, 1.82) is 5.26 Å². The number of nitriles is 1. The molecule has 0 saturated carbocycles. The number of hydrogen-bond donors (Lipinski definition) is 0. The molecule has 0 N–H and O–H groups in total. The lowest BCUT2D eigenvalue weighted by atomic mass is 10.2. The highest BCUT2D eigenvalue weighted by molar-refractivity contribution is 5.77. The van der Waals surface area contributed by atoms with Crippen LogP contribution in [-0.2, 0) is 11.3 Å². The van der Waals surface area contributed by atoms with Gasteiger partial charge in [-0.3, -0.25) is 4.79 Å². The number of carbonyl (C=O) groups is 1. The van der Waals surface area contributed by atoms with Gasteiger partial charge in [-0.2, -0.15) is 5.26 Å². The smallest absolute Gasteiger partial charge is 0.236 e. The van der Waals surface area contributed by atoms with Crippen LogP contribution in [0.2, 0.25) is 0 Å². The molecule has 0 aliphatic rings. The molecule has 3 nitrogen and oxygen atoms in total. The van der Waals surface area contributed by atoms with Crippen molar-refractivity contribution in [2.45, 2.75) is 13.0 Å². The van der Waals surface area contributed by atoms with Crippen molar-refractivity contribution in [2.75, 3.05) is 7.05 Å². The molecule has 0 aliphatic carbocycles. The van der Waals surface area contributed by atoms with Gasteiger partial charge in [-0.1, -0.05) is 6.07 Å². The summed E-state index contributed by atoms with van der Waals surface area (Å²) in [6, 6.07) is 4.88. The number of carbonyl (C=O) groups excluding carboxylic acids is 1. The molecule has 0 aliphatic heterocycles. The topological polar surface area (TPSA) is 44.1 Å². The van der Waals surface area contributed by atoms with Crippen molar-refractivity contribution in [3.8, 4) is 6.07 Å². The maximum Gasteiger partial charge on any atom is 0.236 e. The first-order valence-corrected chi connectivity index (χ1v) is 4.59. The molecule has 1 amide bonds. The maximum absolute atomic E-state index is 13.2. The summed E-state index contributed by atoms with van der Waals surface area (Å²) in [5, 5.41) is 8.32. The van der Waals surface area contributed by atoms with E-state index in [9.17, 15) is 13.6 Å². The van der Waals surface area contributed by atoms with Gasteiger partial charge in [0.05, 0.1) is 6.07 Å². The Labute approximate surface area is 91.9 Å². The van der Waals surface area contributed by atoms with Crippen LogP contribution in [0, 0.1) is 23.0 Å². The summed E-state index contributed by atoms with van der Waals surface area (Å²) in [6.45, 7) is 0.0205. The van der Waals surface area contributed by atoms with Crippen molar-refractivity contribution < 1.29 is 13.6 Å². The first-order chi connectivity index (χ1) is 7.54. The van der Waals surface area contributed by atoms with E-state index < -0.39 is 17.5 Å². The number of rotatable bonds is 3. The third-order valence-corrected chi connectivity index (χ3v) is 2.08. The molecule has 0 fully saturated rings. The highest BCUT2D eigenvalue weighted by Gasteiger charge is 2.11. The molecule has 0 atom stereocenters. The molecule has 16 heavy (non-hydrogen) atoms. The molecule has 0 spiro atoms. The Morgan fingerprint density at radius 3 is 2.75 bits per heavy atom. The van der Waals surface area contributed by atoms with E-state index in [1.165, 1.54) is 18.0 Å². The van der Waals surface area contributed by atoms with Gasteiger partial charge in [-0.15, -0.1) is 0 Å². The highest BCUT2D eigenvalue weighted by atomic mass is 19.1. The lowest BCUT2D eigenvalue weighted by Gasteiger charge is -2.15. The summed E-state index contributed by atoms with van der Waals surface area (Å²) in [6.07, 6.45) is -0.251. The van der Waals surface area contributed by atoms with Gasteiger partial charge in [-0.05, 0) is 6.07 Å². The van der Waals surface area contributed by atoms with E-state index in [0.29, 0.717) is 0 Å². The predicted molar refractivity (Wildman–Crippen MR) is 53.1 cm³/mol. The van der Waals surface area contributed by atoms with E-state index in [1.807, 2.05) is 0 Å². The molecular weight excluding hydrogens is 214 g/mol. The third kappa shape index (κ3) is 3.02. The van der Waals surface area contributed by atoms with E-state index in [-0.39, 0.29) is 18.5 Å². The SMILES string of the molecule is CN(Cc1ccc(F)cc1F)C(=O)CC#N. The van der Waals surface area contributed by atoms with Gasteiger partial charge in [0.15, 0.2) is 0 Å². The largest absolute Gasteiger partial charge is 0.340 e. The zero-order valence-corrected chi connectivity index (χ0v) is 8.70. The lowest BCUT2D eigenvalue weighted by molar-refractivity contribution is -0.129. The molecule has 0 heterocycles. The Hall–Kier alpha value is -1.96. The van der Waals surface area contributed by atoms with Crippen LogP contribution in [-0.4, -0.2) is 17.9 Å². The molecule has 0 radical (unpaired) electrons. The number of halogens is 2. The Balaban J connectivity index is 2.74. The van der Waals surface area contributed by atoms with Crippen molar-refractivity contribution in [3.05, 3.63) is 35.4 Å². The highest BCUT2D eigenvalue weighted by Crippen LogP contribution is 2.11. The maximum atomic E-state index is 13.2. The van der Waals surface area contributed by atoms with Crippen molar-refractivity contribution in [1.82, 2.24) is 4.90 Å². The molecule has 5 heteroatoms. The minimum Gasteiger partial charge on any atom is -0.340 e. The first kappa shape index (κ1) is 12.1. The Morgan fingerprint density at radius 1 is 1.50 bits per heavy atom. The normalized spacial score (nSPS) is 9.62. The summed E-state index contributed by atoms with van der Waals surface area (Å²) in [7, 11) is 1.46. The van der Waals surface area contributed by atoms with Gasteiger partial charge in [0.25, 0.3) is 0 Å². The zero-order valence-electron chi connectivity index (χ0n) is 8.70. The molecule has 0 aromatic heterocycles. The van der Waals surface area contributed by atoms with E-state index in [4.69, 9.17) is 5.26 Å². The van der Waals surface area contributed by atoms with Gasteiger partial charge in [-0.25, -0.2) is 8.78 Å². The Bertz CT molecular complexity index is 440. The fourth-order valence-electron chi connectivity index (χ4n) is 1.20. The van der Waals surface area contributed by atoms with Crippen LogP contribution in [0.15, 0.2) is 18.2 Å². The molecule has 1 rings (SSSR count). The van der Waals surface area contributed by atoms with Crippen LogP contribution in [0.1, 0.15) is 12.0 Å². The third-order valence-electron chi connectivity index (χ3n) is 2.08. The Morgan fingerprint density at radius 2 is 2.19 bits per heavy atom. The van der Waals surface area contributed by atoms with Crippen LogP contribution in [0.3, 0.4) is 0 Å². The van der Waals surface area contributed by atoms with Gasteiger partial charge in [0.2, 0.25) is 5.91 Å². The minimum atomic E-state index is -0.698. The number of hydrogen-bond acceptors (Lipinski definition) is 2. The molecule has 0 saturated heterocycles. The first-order valence-electron chi connectivity index (χ1n) is 4.59. The summed E-state index contributed by atoms with van der Waals surface area (Å²) >= 11 is 0. The molecule has 0 unspecified atom stereocenters. The summed E-state index contributed by atoms with van der Waals surface area (Å²) in [5.74, 6) is -1.75.